The molecule has 0 spiro atoms. The number of anilines is 2. The smallest absolute Gasteiger partial charge is 0.197 e. The van der Waals surface area contributed by atoms with Crippen molar-refractivity contribution < 1.29 is 4.74 Å². The largest absolute Gasteiger partial charge is 0.490 e. The van der Waals surface area contributed by atoms with Crippen LogP contribution in [0.25, 0.3) is 0 Å². The van der Waals surface area contributed by atoms with Crippen molar-refractivity contribution in [2.24, 2.45) is 0 Å². The zero-order valence-electron chi connectivity index (χ0n) is 11.9. The predicted molar refractivity (Wildman–Crippen MR) is 78.5 cm³/mol. The Labute approximate surface area is 113 Å². The van der Waals surface area contributed by atoms with Gasteiger partial charge in [-0.15, -0.1) is 0 Å². The summed E-state index contributed by atoms with van der Waals surface area (Å²) in [6.45, 7) is 10.7. The summed E-state index contributed by atoms with van der Waals surface area (Å²) >= 11 is 1.34. The van der Waals surface area contributed by atoms with Gasteiger partial charge in [0.05, 0.1) is 7.11 Å². The van der Waals surface area contributed by atoms with E-state index in [2.05, 4.69) is 42.3 Å². The molecule has 0 aliphatic carbocycles. The standard InChI is InChI=1S/C12H24N4OS/c1-8(2)16(9(3)4)7-6-14-12-10(17-5)11(13)15-18-12/h8-9,14H,6-7H2,1-5H3,(H2,13,15). The van der Waals surface area contributed by atoms with Crippen molar-refractivity contribution in [3.63, 3.8) is 0 Å². The second kappa shape index (κ2) is 6.80. The van der Waals surface area contributed by atoms with Crippen molar-refractivity contribution in [3.8, 4) is 5.75 Å². The summed E-state index contributed by atoms with van der Waals surface area (Å²) in [6, 6.07) is 1.08. The highest BCUT2D eigenvalue weighted by Gasteiger charge is 2.14. The lowest BCUT2D eigenvalue weighted by molar-refractivity contribution is 0.182. The molecule has 0 radical (unpaired) electrons. The highest BCUT2D eigenvalue weighted by atomic mass is 32.1. The van der Waals surface area contributed by atoms with E-state index in [0.29, 0.717) is 23.7 Å². The van der Waals surface area contributed by atoms with Crippen LogP contribution in [0, 0.1) is 0 Å². The van der Waals surface area contributed by atoms with Gasteiger partial charge in [0.15, 0.2) is 16.6 Å². The third-order valence-corrected chi connectivity index (χ3v) is 3.66. The Kier molecular flexibility index (Phi) is 5.68. The SMILES string of the molecule is COc1c(N)nsc1NCCN(C(C)C)C(C)C. The van der Waals surface area contributed by atoms with Gasteiger partial charge in [0.1, 0.15) is 0 Å². The van der Waals surface area contributed by atoms with Crippen molar-refractivity contribution in [3.05, 3.63) is 0 Å². The Morgan fingerprint density at radius 2 is 1.94 bits per heavy atom. The molecule has 0 fully saturated rings. The second-order valence-corrected chi connectivity index (χ2v) is 5.56. The highest BCUT2D eigenvalue weighted by Crippen LogP contribution is 2.34. The molecule has 1 heterocycles. The van der Waals surface area contributed by atoms with Crippen molar-refractivity contribution in [1.29, 1.82) is 0 Å². The maximum Gasteiger partial charge on any atom is 0.197 e. The van der Waals surface area contributed by atoms with Crippen LogP contribution >= 0.6 is 11.5 Å². The minimum atomic E-state index is 0.453. The third kappa shape index (κ3) is 3.74. The first-order chi connectivity index (χ1) is 8.47. The zero-order chi connectivity index (χ0) is 13.7. The lowest BCUT2D eigenvalue weighted by Crippen LogP contribution is -2.40. The zero-order valence-corrected chi connectivity index (χ0v) is 12.7. The Balaban J connectivity index is 2.50. The summed E-state index contributed by atoms with van der Waals surface area (Å²) in [6.07, 6.45) is 0. The van der Waals surface area contributed by atoms with Crippen molar-refractivity contribution in [2.45, 2.75) is 39.8 Å². The molecule has 18 heavy (non-hydrogen) atoms. The molecule has 1 aromatic heterocycles. The van der Waals surface area contributed by atoms with E-state index < -0.39 is 0 Å². The topological polar surface area (TPSA) is 63.4 Å². The molecule has 0 aliphatic heterocycles. The highest BCUT2D eigenvalue weighted by molar-refractivity contribution is 7.11. The van der Waals surface area contributed by atoms with Gasteiger partial charge >= 0.3 is 0 Å². The van der Waals surface area contributed by atoms with E-state index in [1.807, 2.05) is 0 Å². The fourth-order valence-corrected chi connectivity index (χ4v) is 2.73. The Morgan fingerprint density at radius 1 is 1.33 bits per heavy atom. The summed E-state index contributed by atoms with van der Waals surface area (Å²) in [4.78, 5) is 2.43. The Hall–Kier alpha value is -1.01. The molecule has 0 aliphatic rings. The lowest BCUT2D eigenvalue weighted by Gasteiger charge is -2.30. The fraction of sp³-hybridized carbons (Fsp3) is 0.750. The number of hydrogen-bond acceptors (Lipinski definition) is 6. The van der Waals surface area contributed by atoms with E-state index in [1.165, 1.54) is 11.5 Å². The summed E-state index contributed by atoms with van der Waals surface area (Å²) in [7, 11) is 1.61. The molecule has 0 unspecified atom stereocenters. The fourth-order valence-electron chi connectivity index (χ4n) is 2.02. The summed E-state index contributed by atoms with van der Waals surface area (Å²) in [5, 5.41) is 4.24. The third-order valence-electron chi connectivity index (χ3n) is 2.86. The quantitative estimate of drug-likeness (QED) is 0.797. The van der Waals surface area contributed by atoms with Gasteiger partial charge < -0.3 is 15.8 Å². The maximum atomic E-state index is 5.70. The summed E-state index contributed by atoms with van der Waals surface area (Å²) < 4.78 is 9.29. The van der Waals surface area contributed by atoms with Crippen LogP contribution in [0.3, 0.4) is 0 Å². The van der Waals surface area contributed by atoms with Gasteiger partial charge in [-0.25, -0.2) is 0 Å². The van der Waals surface area contributed by atoms with Crippen LogP contribution in [0.1, 0.15) is 27.7 Å². The lowest BCUT2D eigenvalue weighted by atomic mass is 10.2. The van der Waals surface area contributed by atoms with Crippen LogP contribution < -0.4 is 15.8 Å². The molecular weight excluding hydrogens is 248 g/mol. The number of nitrogens with zero attached hydrogens (tertiary/aromatic N) is 2. The molecule has 0 bridgehead atoms. The minimum absolute atomic E-state index is 0.453. The predicted octanol–water partition coefficient (Wildman–Crippen LogP) is 2.26. The molecule has 1 rings (SSSR count). The van der Waals surface area contributed by atoms with Gasteiger partial charge in [-0.2, -0.15) is 4.37 Å². The number of nitrogen functional groups attached to an aromatic ring is 1. The molecular formula is C12H24N4OS. The van der Waals surface area contributed by atoms with Crippen molar-refractivity contribution >= 4 is 22.4 Å². The Morgan fingerprint density at radius 3 is 2.44 bits per heavy atom. The van der Waals surface area contributed by atoms with E-state index in [4.69, 9.17) is 10.5 Å². The summed E-state index contributed by atoms with van der Waals surface area (Å²) in [5.74, 6) is 1.11. The van der Waals surface area contributed by atoms with Crippen LogP contribution in [-0.4, -0.2) is 41.6 Å². The average Bonchev–Trinajstić information content (AvgIpc) is 2.64. The van der Waals surface area contributed by atoms with E-state index >= 15 is 0 Å². The Bertz CT molecular complexity index is 357. The van der Waals surface area contributed by atoms with Gasteiger partial charge in [0.25, 0.3) is 0 Å². The minimum Gasteiger partial charge on any atom is -0.490 e. The van der Waals surface area contributed by atoms with Gasteiger partial charge in [-0.3, -0.25) is 4.90 Å². The molecule has 0 aromatic carbocycles. The molecule has 5 nitrogen and oxygen atoms in total. The van der Waals surface area contributed by atoms with Crippen molar-refractivity contribution in [1.82, 2.24) is 9.27 Å². The first-order valence-electron chi connectivity index (χ1n) is 6.26. The molecule has 0 saturated heterocycles. The molecule has 104 valence electrons. The van der Waals surface area contributed by atoms with Gasteiger partial charge in [0, 0.05) is 25.2 Å². The van der Waals surface area contributed by atoms with E-state index in [1.54, 1.807) is 7.11 Å². The molecule has 6 heteroatoms. The van der Waals surface area contributed by atoms with Crippen LogP contribution in [0.2, 0.25) is 0 Å². The summed E-state index contributed by atoms with van der Waals surface area (Å²) in [5.41, 5.74) is 5.70. The van der Waals surface area contributed by atoms with Crippen LogP contribution in [0.15, 0.2) is 0 Å². The van der Waals surface area contributed by atoms with Gasteiger partial charge in [-0.1, -0.05) is 0 Å². The van der Waals surface area contributed by atoms with Gasteiger partial charge in [0.2, 0.25) is 0 Å². The molecule has 1 aromatic rings. The van der Waals surface area contributed by atoms with E-state index in [9.17, 15) is 0 Å². The monoisotopic (exact) mass is 272 g/mol. The molecule has 0 atom stereocenters. The normalized spacial score (nSPS) is 11.6. The number of rotatable bonds is 7. The second-order valence-electron chi connectivity index (χ2n) is 4.78. The number of hydrogen-bond donors (Lipinski definition) is 2. The average molecular weight is 272 g/mol. The van der Waals surface area contributed by atoms with Crippen LogP contribution in [-0.2, 0) is 0 Å². The van der Waals surface area contributed by atoms with E-state index in [-0.39, 0.29) is 0 Å². The molecule has 0 amide bonds. The van der Waals surface area contributed by atoms with E-state index in [0.717, 1.165) is 18.1 Å². The van der Waals surface area contributed by atoms with Gasteiger partial charge in [-0.05, 0) is 39.2 Å². The maximum absolute atomic E-state index is 5.70. The van der Waals surface area contributed by atoms with Crippen LogP contribution in [0.4, 0.5) is 10.8 Å². The number of ether oxygens (including phenoxy) is 1. The number of nitrogens with one attached hydrogen (secondary N) is 1. The first-order valence-corrected chi connectivity index (χ1v) is 7.03. The number of methoxy groups -OCH3 is 1. The van der Waals surface area contributed by atoms with Crippen LogP contribution in [0.5, 0.6) is 5.75 Å². The first kappa shape index (κ1) is 15.0. The molecule has 3 N–H and O–H groups in total. The van der Waals surface area contributed by atoms with Crippen molar-refractivity contribution in [2.75, 3.05) is 31.2 Å². The molecule has 0 saturated carbocycles. The number of nitrogens with two attached hydrogens (primary N) is 1. The number of aromatic nitrogens is 1.